The molecule has 0 unspecified atom stereocenters. The maximum Gasteiger partial charge on any atom is 0.236 e. The number of methoxy groups -OCH3 is 1. The largest absolute Gasteiger partial charge is 0.444 e. The number of thiophene rings is 2. The first-order chi connectivity index (χ1) is 9.36. The average molecular weight is 294 g/mol. The van der Waals surface area contributed by atoms with E-state index in [9.17, 15) is 0 Å². The smallest absolute Gasteiger partial charge is 0.236 e. The molecule has 0 aliphatic carbocycles. The predicted octanol–water partition coefficient (Wildman–Crippen LogP) is 3.35. The Morgan fingerprint density at radius 2 is 2.37 bits per heavy atom. The van der Waals surface area contributed by atoms with E-state index in [1.54, 1.807) is 36.0 Å². The van der Waals surface area contributed by atoms with Crippen LogP contribution in [0.15, 0.2) is 28.2 Å². The lowest BCUT2D eigenvalue weighted by Gasteiger charge is -1.99. The van der Waals surface area contributed by atoms with E-state index in [1.165, 1.54) is 9.40 Å². The molecule has 0 radical (unpaired) electrons. The second-order valence-electron chi connectivity index (χ2n) is 4.07. The number of hydrogen-bond acceptors (Lipinski definition) is 6. The minimum absolute atomic E-state index is 0.700. The van der Waals surface area contributed by atoms with Crippen LogP contribution >= 0.6 is 22.7 Å². The van der Waals surface area contributed by atoms with Gasteiger partial charge in [-0.15, -0.1) is 22.7 Å². The molecule has 19 heavy (non-hydrogen) atoms. The molecular weight excluding hydrogens is 280 g/mol. The minimum Gasteiger partial charge on any atom is -0.444 e. The van der Waals surface area contributed by atoms with Crippen molar-refractivity contribution in [2.45, 2.75) is 6.54 Å². The summed E-state index contributed by atoms with van der Waals surface area (Å²) in [5.74, 6) is 0.706. The van der Waals surface area contributed by atoms with Gasteiger partial charge in [0.2, 0.25) is 5.89 Å². The summed E-state index contributed by atoms with van der Waals surface area (Å²) in [6.07, 6.45) is 1.71. The lowest BCUT2D eigenvalue weighted by molar-refractivity contribution is 0.199. The highest BCUT2D eigenvalue weighted by atomic mass is 32.1. The zero-order valence-corrected chi connectivity index (χ0v) is 12.1. The maximum atomic E-state index is 5.54. The quantitative estimate of drug-likeness (QED) is 0.708. The first-order valence-electron chi connectivity index (χ1n) is 5.98. The molecule has 4 nitrogen and oxygen atoms in total. The van der Waals surface area contributed by atoms with Gasteiger partial charge in [0.25, 0.3) is 0 Å². The van der Waals surface area contributed by atoms with Crippen molar-refractivity contribution < 1.29 is 9.15 Å². The van der Waals surface area contributed by atoms with Gasteiger partial charge in [0.1, 0.15) is 6.26 Å². The summed E-state index contributed by atoms with van der Waals surface area (Å²) < 4.78 is 13.1. The summed E-state index contributed by atoms with van der Waals surface area (Å²) in [7, 11) is 1.69. The Bertz CT molecular complexity index is 628. The van der Waals surface area contributed by atoms with Crippen LogP contribution in [0.25, 0.3) is 20.2 Å². The molecule has 0 aromatic carbocycles. The number of nitrogens with zero attached hydrogens (tertiary/aromatic N) is 1. The van der Waals surface area contributed by atoms with Gasteiger partial charge >= 0.3 is 0 Å². The summed E-state index contributed by atoms with van der Waals surface area (Å²) in [4.78, 5) is 5.59. The third kappa shape index (κ3) is 2.87. The molecule has 0 spiro atoms. The molecule has 0 aliphatic heterocycles. The van der Waals surface area contributed by atoms with E-state index < -0.39 is 0 Å². The van der Waals surface area contributed by atoms with E-state index in [0.717, 1.165) is 17.1 Å². The zero-order valence-electron chi connectivity index (χ0n) is 10.5. The van der Waals surface area contributed by atoms with Crippen LogP contribution < -0.4 is 5.32 Å². The molecule has 0 bridgehead atoms. The molecule has 6 heteroatoms. The van der Waals surface area contributed by atoms with E-state index in [0.29, 0.717) is 19.0 Å². The number of nitrogens with one attached hydrogen (secondary N) is 1. The number of rotatable bonds is 6. The highest BCUT2D eigenvalue weighted by molar-refractivity contribution is 7.28. The molecule has 1 N–H and O–H groups in total. The van der Waals surface area contributed by atoms with Crippen LogP contribution in [0.2, 0.25) is 0 Å². The fourth-order valence-corrected chi connectivity index (χ4v) is 3.80. The van der Waals surface area contributed by atoms with Gasteiger partial charge in [-0.25, -0.2) is 4.98 Å². The predicted molar refractivity (Wildman–Crippen MR) is 78.8 cm³/mol. The topological polar surface area (TPSA) is 47.3 Å². The first kappa shape index (κ1) is 12.8. The summed E-state index contributed by atoms with van der Waals surface area (Å²) in [5, 5.41) is 5.35. The molecule has 0 aliphatic rings. The molecule has 3 aromatic rings. The third-order valence-corrected chi connectivity index (χ3v) is 4.77. The van der Waals surface area contributed by atoms with Crippen LogP contribution in [0.3, 0.4) is 0 Å². The molecule has 3 aromatic heterocycles. The lowest BCUT2D eigenvalue weighted by Crippen LogP contribution is -2.18. The number of aromatic nitrogens is 1. The molecule has 0 atom stereocenters. The van der Waals surface area contributed by atoms with Gasteiger partial charge in [0, 0.05) is 29.6 Å². The Morgan fingerprint density at radius 1 is 1.42 bits per heavy atom. The maximum absolute atomic E-state index is 5.54. The van der Waals surface area contributed by atoms with Crippen LogP contribution in [0, 0.1) is 0 Å². The summed E-state index contributed by atoms with van der Waals surface area (Å²) >= 11 is 3.46. The van der Waals surface area contributed by atoms with Crippen LogP contribution in [0.4, 0.5) is 0 Å². The fraction of sp³-hybridized carbons (Fsp3) is 0.308. The highest BCUT2D eigenvalue weighted by Crippen LogP contribution is 2.35. The van der Waals surface area contributed by atoms with Crippen LogP contribution in [0.5, 0.6) is 0 Å². The second kappa shape index (κ2) is 5.83. The van der Waals surface area contributed by atoms with Gasteiger partial charge in [0.15, 0.2) is 0 Å². The highest BCUT2D eigenvalue weighted by Gasteiger charge is 2.10. The Balaban J connectivity index is 1.68. The van der Waals surface area contributed by atoms with Crippen molar-refractivity contribution in [1.82, 2.24) is 10.3 Å². The Hall–Kier alpha value is -1.21. The molecular formula is C13H14N2O2S2. The van der Waals surface area contributed by atoms with Gasteiger partial charge < -0.3 is 14.5 Å². The fourth-order valence-electron chi connectivity index (χ4n) is 1.76. The SMILES string of the molecule is COCCNCc1coc(-c2cc3sccc3s2)n1. The van der Waals surface area contributed by atoms with E-state index in [1.807, 2.05) is 0 Å². The Kier molecular flexibility index (Phi) is 3.93. The van der Waals surface area contributed by atoms with Crippen LogP contribution in [0.1, 0.15) is 5.69 Å². The van der Waals surface area contributed by atoms with E-state index in [2.05, 4.69) is 27.8 Å². The minimum atomic E-state index is 0.700. The summed E-state index contributed by atoms with van der Waals surface area (Å²) in [6, 6.07) is 4.27. The average Bonchev–Trinajstić information content (AvgIpc) is 3.08. The normalized spacial score (nSPS) is 11.4. The van der Waals surface area contributed by atoms with Crippen molar-refractivity contribution >= 4 is 32.1 Å². The molecule has 100 valence electrons. The van der Waals surface area contributed by atoms with E-state index in [4.69, 9.17) is 9.15 Å². The summed E-state index contributed by atoms with van der Waals surface area (Å²) in [6.45, 7) is 2.21. The lowest BCUT2D eigenvalue weighted by atomic mass is 10.4. The van der Waals surface area contributed by atoms with Crippen LogP contribution in [-0.2, 0) is 11.3 Å². The number of hydrogen-bond donors (Lipinski definition) is 1. The molecule has 0 fully saturated rings. The molecule has 0 amide bonds. The van der Waals surface area contributed by atoms with Crippen molar-refractivity contribution in [2.24, 2.45) is 0 Å². The van der Waals surface area contributed by atoms with Gasteiger partial charge in [-0.05, 0) is 17.5 Å². The second-order valence-corrected chi connectivity index (χ2v) is 6.10. The van der Waals surface area contributed by atoms with Crippen molar-refractivity contribution in [3.8, 4) is 10.8 Å². The van der Waals surface area contributed by atoms with Gasteiger partial charge in [0.05, 0.1) is 17.2 Å². The van der Waals surface area contributed by atoms with Crippen molar-refractivity contribution in [3.63, 3.8) is 0 Å². The van der Waals surface area contributed by atoms with E-state index >= 15 is 0 Å². The number of ether oxygens (including phenoxy) is 1. The van der Waals surface area contributed by atoms with Crippen molar-refractivity contribution in [2.75, 3.05) is 20.3 Å². The van der Waals surface area contributed by atoms with Crippen LogP contribution in [-0.4, -0.2) is 25.2 Å². The Labute approximate surface area is 119 Å². The number of fused-ring (bicyclic) bond motifs is 1. The van der Waals surface area contributed by atoms with Crippen molar-refractivity contribution in [3.05, 3.63) is 29.5 Å². The van der Waals surface area contributed by atoms with E-state index in [-0.39, 0.29) is 0 Å². The first-order valence-corrected chi connectivity index (χ1v) is 7.68. The van der Waals surface area contributed by atoms with Gasteiger partial charge in [-0.3, -0.25) is 0 Å². The monoisotopic (exact) mass is 294 g/mol. The van der Waals surface area contributed by atoms with Gasteiger partial charge in [-0.2, -0.15) is 0 Å². The van der Waals surface area contributed by atoms with Gasteiger partial charge in [-0.1, -0.05) is 0 Å². The molecule has 3 heterocycles. The third-order valence-electron chi connectivity index (χ3n) is 2.69. The standard InChI is InChI=1S/C13H14N2O2S2/c1-16-4-3-14-7-9-8-17-13(15-9)12-6-11-10(19-12)2-5-18-11/h2,5-6,8,14H,3-4,7H2,1H3. The number of oxazole rings is 1. The summed E-state index contributed by atoms with van der Waals surface area (Å²) in [5.41, 5.74) is 0.919. The molecule has 0 saturated heterocycles. The molecule has 0 saturated carbocycles. The molecule has 3 rings (SSSR count). The zero-order chi connectivity index (χ0) is 13.1. The Morgan fingerprint density at radius 3 is 3.21 bits per heavy atom. The van der Waals surface area contributed by atoms with Crippen molar-refractivity contribution in [1.29, 1.82) is 0 Å².